The zero-order valence-electron chi connectivity index (χ0n) is 14.1. The second-order valence-electron chi connectivity index (χ2n) is 6.78. The smallest absolute Gasteiger partial charge is 0.224 e. The minimum absolute atomic E-state index is 0.155. The first kappa shape index (κ1) is 16.7. The quantitative estimate of drug-likeness (QED) is 0.840. The Hall–Kier alpha value is -2.13. The number of nitrogens with two attached hydrogens (primary N) is 1. The predicted molar refractivity (Wildman–Crippen MR) is 97.2 cm³/mol. The maximum atomic E-state index is 12.9. The van der Waals surface area contributed by atoms with Gasteiger partial charge in [0.05, 0.1) is 0 Å². The molecule has 1 aliphatic rings. The number of carbonyl (C=O) groups excluding carboxylic acids is 1. The van der Waals surface area contributed by atoms with Crippen molar-refractivity contribution >= 4 is 5.91 Å². The number of carbonyl (C=O) groups is 1. The van der Waals surface area contributed by atoms with E-state index in [2.05, 4.69) is 12.1 Å². The molecule has 2 N–H and O–H groups in total. The summed E-state index contributed by atoms with van der Waals surface area (Å²) in [6.45, 7) is 1.53. The van der Waals surface area contributed by atoms with Gasteiger partial charge in [0, 0.05) is 25.6 Å². The summed E-state index contributed by atoms with van der Waals surface area (Å²) in [5, 5.41) is 0. The van der Waals surface area contributed by atoms with Gasteiger partial charge >= 0.3 is 0 Å². The van der Waals surface area contributed by atoms with Crippen molar-refractivity contribution in [1.82, 2.24) is 4.90 Å². The highest BCUT2D eigenvalue weighted by Gasteiger charge is 2.25. The second-order valence-corrected chi connectivity index (χ2v) is 6.78. The van der Waals surface area contributed by atoms with E-state index in [4.69, 9.17) is 5.73 Å². The number of rotatable bonds is 7. The number of benzene rings is 2. The fourth-order valence-electron chi connectivity index (χ4n) is 3.18. The van der Waals surface area contributed by atoms with Crippen LogP contribution in [0.2, 0.25) is 0 Å². The first-order valence-corrected chi connectivity index (χ1v) is 8.84. The molecule has 0 radical (unpaired) electrons. The zero-order valence-corrected chi connectivity index (χ0v) is 14.1. The Labute approximate surface area is 144 Å². The third-order valence-corrected chi connectivity index (χ3v) is 4.89. The summed E-state index contributed by atoms with van der Waals surface area (Å²) in [6.07, 6.45) is 4.14. The topological polar surface area (TPSA) is 46.3 Å². The molecule has 0 aromatic heterocycles. The Balaban J connectivity index is 1.65. The second kappa shape index (κ2) is 8.11. The lowest BCUT2D eigenvalue weighted by molar-refractivity contribution is -0.133. The summed E-state index contributed by atoms with van der Waals surface area (Å²) >= 11 is 0. The molecule has 0 heterocycles. The van der Waals surface area contributed by atoms with Gasteiger partial charge in [0.25, 0.3) is 0 Å². The lowest BCUT2D eigenvalue weighted by Crippen LogP contribution is -2.38. The lowest BCUT2D eigenvalue weighted by atomic mass is 9.85. The average Bonchev–Trinajstić information content (AvgIpc) is 2.58. The molecule has 24 heavy (non-hydrogen) atoms. The first-order valence-electron chi connectivity index (χ1n) is 8.84. The molecule has 1 fully saturated rings. The van der Waals surface area contributed by atoms with Gasteiger partial charge in [-0.25, -0.2) is 0 Å². The van der Waals surface area contributed by atoms with Crippen LogP contribution in [-0.2, 0) is 11.3 Å². The van der Waals surface area contributed by atoms with Gasteiger partial charge in [-0.05, 0) is 29.9 Å². The van der Waals surface area contributed by atoms with E-state index in [1.807, 2.05) is 53.4 Å². The number of hydrogen-bond donors (Lipinski definition) is 1. The number of hydrogen-bond acceptors (Lipinski definition) is 2. The van der Waals surface area contributed by atoms with E-state index in [9.17, 15) is 4.79 Å². The summed E-state index contributed by atoms with van der Waals surface area (Å²) in [6, 6.07) is 19.9. The number of amides is 1. The van der Waals surface area contributed by atoms with E-state index in [0.717, 1.165) is 12.1 Å². The molecule has 2 aromatic rings. The highest BCUT2D eigenvalue weighted by Crippen LogP contribution is 2.28. The molecule has 1 amide bonds. The van der Waals surface area contributed by atoms with Crippen LogP contribution >= 0.6 is 0 Å². The van der Waals surface area contributed by atoms with Gasteiger partial charge in [-0.2, -0.15) is 0 Å². The molecular formula is C21H26N2O. The molecule has 0 aliphatic heterocycles. The van der Waals surface area contributed by atoms with E-state index in [0.29, 0.717) is 18.9 Å². The monoisotopic (exact) mass is 322 g/mol. The highest BCUT2D eigenvalue weighted by atomic mass is 16.2. The van der Waals surface area contributed by atoms with Crippen LogP contribution in [0.3, 0.4) is 0 Å². The molecule has 1 unspecified atom stereocenters. The van der Waals surface area contributed by atoms with Crippen LogP contribution in [0.5, 0.6) is 0 Å². The fourth-order valence-corrected chi connectivity index (χ4v) is 3.18. The first-order chi connectivity index (χ1) is 11.7. The van der Waals surface area contributed by atoms with Gasteiger partial charge in [-0.3, -0.25) is 4.79 Å². The molecule has 1 atom stereocenters. The predicted octanol–water partition coefficient (Wildman–Crippen LogP) is 3.91. The van der Waals surface area contributed by atoms with E-state index in [-0.39, 0.29) is 11.9 Å². The Morgan fingerprint density at radius 3 is 2.25 bits per heavy atom. The zero-order chi connectivity index (χ0) is 16.8. The van der Waals surface area contributed by atoms with Crippen molar-refractivity contribution in [3.8, 4) is 0 Å². The van der Waals surface area contributed by atoms with Crippen molar-refractivity contribution in [2.45, 2.75) is 38.3 Å². The number of nitrogens with zero attached hydrogens (tertiary/aromatic N) is 1. The third-order valence-electron chi connectivity index (χ3n) is 4.89. The molecule has 3 nitrogen and oxygen atoms in total. The summed E-state index contributed by atoms with van der Waals surface area (Å²) < 4.78 is 0. The van der Waals surface area contributed by atoms with E-state index in [1.165, 1.54) is 24.8 Å². The molecular weight excluding hydrogens is 296 g/mol. The van der Waals surface area contributed by atoms with E-state index >= 15 is 0 Å². The SMILES string of the molecule is NC(CC(=O)N(Cc1ccccc1)CC1CCC1)c1ccccc1. The van der Waals surface area contributed by atoms with Gasteiger partial charge in [0.1, 0.15) is 0 Å². The van der Waals surface area contributed by atoms with Crippen LogP contribution < -0.4 is 5.73 Å². The lowest BCUT2D eigenvalue weighted by Gasteiger charge is -2.33. The maximum absolute atomic E-state index is 12.9. The van der Waals surface area contributed by atoms with Crippen LogP contribution in [0, 0.1) is 5.92 Å². The molecule has 2 aromatic carbocycles. The van der Waals surface area contributed by atoms with Crippen LogP contribution in [-0.4, -0.2) is 17.4 Å². The van der Waals surface area contributed by atoms with Crippen LogP contribution in [0.4, 0.5) is 0 Å². The molecule has 0 saturated heterocycles. The standard InChI is InChI=1S/C21H26N2O/c22-20(19-12-5-2-6-13-19)14-21(24)23(16-18-10-7-11-18)15-17-8-3-1-4-9-17/h1-6,8-9,12-13,18,20H,7,10-11,14-16,22H2. The molecule has 1 aliphatic carbocycles. The maximum Gasteiger partial charge on any atom is 0.224 e. The summed E-state index contributed by atoms with van der Waals surface area (Å²) in [4.78, 5) is 14.9. The van der Waals surface area contributed by atoms with E-state index < -0.39 is 0 Å². The van der Waals surface area contributed by atoms with Crippen molar-refractivity contribution in [3.05, 3.63) is 71.8 Å². The minimum atomic E-state index is -0.238. The summed E-state index contributed by atoms with van der Waals surface area (Å²) in [5.41, 5.74) is 8.46. The molecule has 0 bridgehead atoms. The molecule has 0 spiro atoms. The van der Waals surface area contributed by atoms with Crippen LogP contribution in [0.1, 0.15) is 42.9 Å². The normalized spacial score (nSPS) is 15.5. The largest absolute Gasteiger partial charge is 0.338 e. The Bertz CT molecular complexity index is 637. The Morgan fingerprint density at radius 1 is 1.04 bits per heavy atom. The van der Waals surface area contributed by atoms with Gasteiger partial charge in [-0.1, -0.05) is 67.1 Å². The molecule has 126 valence electrons. The molecule has 3 rings (SSSR count). The van der Waals surface area contributed by atoms with Crippen molar-refractivity contribution < 1.29 is 4.79 Å². The summed E-state index contributed by atoms with van der Waals surface area (Å²) in [7, 11) is 0. The fraction of sp³-hybridized carbons (Fsp3) is 0.381. The Kier molecular flexibility index (Phi) is 5.65. The van der Waals surface area contributed by atoms with Crippen LogP contribution in [0.15, 0.2) is 60.7 Å². The van der Waals surface area contributed by atoms with Crippen molar-refractivity contribution in [3.63, 3.8) is 0 Å². The van der Waals surface area contributed by atoms with Crippen molar-refractivity contribution in [1.29, 1.82) is 0 Å². The molecule has 1 saturated carbocycles. The minimum Gasteiger partial charge on any atom is -0.338 e. The van der Waals surface area contributed by atoms with Gasteiger partial charge in [-0.15, -0.1) is 0 Å². The van der Waals surface area contributed by atoms with Gasteiger partial charge in [0.2, 0.25) is 5.91 Å². The average molecular weight is 322 g/mol. The highest BCUT2D eigenvalue weighted by molar-refractivity contribution is 5.77. The van der Waals surface area contributed by atoms with E-state index in [1.54, 1.807) is 0 Å². The summed E-state index contributed by atoms with van der Waals surface area (Å²) in [5.74, 6) is 0.813. The van der Waals surface area contributed by atoms with Crippen molar-refractivity contribution in [2.75, 3.05) is 6.54 Å². The van der Waals surface area contributed by atoms with Gasteiger partial charge < -0.3 is 10.6 Å². The Morgan fingerprint density at radius 2 is 1.67 bits per heavy atom. The molecule has 3 heteroatoms. The van der Waals surface area contributed by atoms with Crippen molar-refractivity contribution in [2.24, 2.45) is 11.7 Å². The van der Waals surface area contributed by atoms with Crippen LogP contribution in [0.25, 0.3) is 0 Å². The van der Waals surface area contributed by atoms with Gasteiger partial charge in [0.15, 0.2) is 0 Å². The third kappa shape index (κ3) is 4.45.